The van der Waals surface area contributed by atoms with Crippen molar-refractivity contribution in [3.63, 3.8) is 0 Å². The molecule has 3 aromatic carbocycles. The number of benzene rings is 3. The smallest absolute Gasteiger partial charge is 0.247 e. The molecule has 0 amide bonds. The van der Waals surface area contributed by atoms with Crippen LogP contribution in [0.15, 0.2) is 90.0 Å². The number of anilines is 1. The zero-order valence-electron chi connectivity index (χ0n) is 17.3. The van der Waals surface area contributed by atoms with Crippen LogP contribution >= 0.6 is 0 Å². The minimum Gasteiger partial charge on any atom is -0.504 e. The average Bonchev–Trinajstić information content (AvgIpc) is 2.83. The second kappa shape index (κ2) is 9.09. The minimum absolute atomic E-state index is 0.0581. The lowest BCUT2D eigenvalue weighted by molar-refractivity contribution is 0.373. The molecule has 4 aromatic rings. The van der Waals surface area contributed by atoms with Gasteiger partial charge in [0.05, 0.1) is 24.7 Å². The van der Waals surface area contributed by atoms with E-state index < -0.39 is 0 Å². The molecule has 0 spiro atoms. The van der Waals surface area contributed by atoms with Crippen molar-refractivity contribution in [2.24, 2.45) is 5.10 Å². The molecule has 31 heavy (non-hydrogen) atoms. The lowest BCUT2D eigenvalue weighted by Gasteiger charge is -2.14. The molecule has 0 aliphatic rings. The molecule has 6 heteroatoms. The summed E-state index contributed by atoms with van der Waals surface area (Å²) in [6.45, 7) is 0. The molecule has 0 atom stereocenters. The molecule has 0 bridgehead atoms. The molecular weight excluding hydrogens is 388 g/mol. The summed E-state index contributed by atoms with van der Waals surface area (Å²) in [7, 11) is 3.30. The van der Waals surface area contributed by atoms with Crippen LogP contribution in [0.1, 0.15) is 5.56 Å². The first-order valence-corrected chi connectivity index (χ1v) is 9.78. The first-order chi connectivity index (χ1) is 15.1. The van der Waals surface area contributed by atoms with Crippen LogP contribution < -0.4 is 9.75 Å². The average molecular weight is 410 g/mol. The molecule has 0 saturated heterocycles. The number of hydrogen-bond acceptors (Lipinski definition) is 6. The Balaban J connectivity index is 1.70. The lowest BCUT2D eigenvalue weighted by Crippen LogP contribution is -2.13. The Morgan fingerprint density at radius 1 is 0.839 bits per heavy atom. The fourth-order valence-corrected chi connectivity index (χ4v) is 3.09. The molecule has 1 heterocycles. The molecule has 0 fully saturated rings. The number of methoxy groups -OCH3 is 1. The maximum atomic E-state index is 9.97. The van der Waals surface area contributed by atoms with E-state index in [4.69, 9.17) is 14.7 Å². The number of nitrogens with zero attached hydrogens (tertiary/aromatic N) is 4. The molecule has 4 rings (SSSR count). The van der Waals surface area contributed by atoms with Crippen molar-refractivity contribution in [1.29, 1.82) is 0 Å². The molecule has 0 aliphatic carbocycles. The third-order valence-electron chi connectivity index (χ3n) is 4.73. The van der Waals surface area contributed by atoms with E-state index in [1.807, 2.05) is 72.8 Å². The summed E-state index contributed by atoms with van der Waals surface area (Å²) in [5.41, 5.74) is 4.36. The van der Waals surface area contributed by atoms with E-state index in [1.54, 1.807) is 30.4 Å². The molecular formula is C25H22N4O2. The summed E-state index contributed by atoms with van der Waals surface area (Å²) in [6, 6.07) is 27.0. The zero-order chi connectivity index (χ0) is 21.6. The maximum Gasteiger partial charge on any atom is 0.247 e. The van der Waals surface area contributed by atoms with Gasteiger partial charge in [-0.3, -0.25) is 0 Å². The summed E-state index contributed by atoms with van der Waals surface area (Å²) in [5, 5.41) is 16.0. The predicted molar refractivity (Wildman–Crippen MR) is 124 cm³/mol. The normalized spacial score (nSPS) is 10.9. The van der Waals surface area contributed by atoms with Gasteiger partial charge in [0.25, 0.3) is 0 Å². The third-order valence-corrected chi connectivity index (χ3v) is 4.73. The summed E-state index contributed by atoms with van der Waals surface area (Å²) >= 11 is 0. The van der Waals surface area contributed by atoms with Gasteiger partial charge in [-0.25, -0.2) is 15.0 Å². The van der Waals surface area contributed by atoms with Crippen LogP contribution in [0, 0.1) is 0 Å². The van der Waals surface area contributed by atoms with Gasteiger partial charge in [0, 0.05) is 18.2 Å². The highest BCUT2D eigenvalue weighted by atomic mass is 16.5. The van der Waals surface area contributed by atoms with Crippen molar-refractivity contribution in [1.82, 2.24) is 9.97 Å². The number of ether oxygens (including phenoxy) is 1. The molecule has 1 aromatic heterocycles. The largest absolute Gasteiger partial charge is 0.504 e. The van der Waals surface area contributed by atoms with Crippen molar-refractivity contribution in [2.45, 2.75) is 0 Å². The molecule has 6 nitrogen and oxygen atoms in total. The number of rotatable bonds is 6. The SMILES string of the molecule is COc1ccc(/C=N\N(C)c2nc(-c3ccccc3)cc(-c3ccccc3)n2)cc1O. The second-order valence-electron chi connectivity index (χ2n) is 6.87. The molecule has 0 saturated carbocycles. The molecule has 1 N–H and O–H groups in total. The number of hydrogen-bond donors (Lipinski definition) is 1. The summed E-state index contributed by atoms with van der Waals surface area (Å²) in [4.78, 5) is 9.44. The van der Waals surface area contributed by atoms with Gasteiger partial charge >= 0.3 is 0 Å². The van der Waals surface area contributed by atoms with Crippen molar-refractivity contribution in [3.8, 4) is 34.0 Å². The fraction of sp³-hybridized carbons (Fsp3) is 0.0800. The van der Waals surface area contributed by atoms with E-state index in [0.29, 0.717) is 11.7 Å². The van der Waals surface area contributed by atoms with Crippen LogP contribution in [0.4, 0.5) is 5.95 Å². The van der Waals surface area contributed by atoms with Crippen LogP contribution in [0.2, 0.25) is 0 Å². The summed E-state index contributed by atoms with van der Waals surface area (Å²) < 4.78 is 5.08. The molecule has 0 radical (unpaired) electrons. The topological polar surface area (TPSA) is 70.8 Å². The first kappa shape index (κ1) is 20.1. The van der Waals surface area contributed by atoms with Gasteiger partial charge < -0.3 is 9.84 Å². The Kier molecular flexibility index (Phi) is 5.89. The Morgan fingerprint density at radius 3 is 1.94 bits per heavy atom. The van der Waals surface area contributed by atoms with Crippen LogP contribution in [-0.4, -0.2) is 35.4 Å². The molecule has 154 valence electrons. The number of phenolic OH excluding ortho intramolecular Hbond substituents is 1. The molecule has 0 unspecified atom stereocenters. The quantitative estimate of drug-likeness (QED) is 0.358. The lowest BCUT2D eigenvalue weighted by atomic mass is 10.1. The highest BCUT2D eigenvalue weighted by molar-refractivity contribution is 5.81. The standard InChI is InChI=1S/C25H22N4O2/c1-29(26-17-18-13-14-24(31-2)23(30)15-18)25-27-21(19-9-5-3-6-10-19)16-22(28-25)20-11-7-4-8-12-20/h3-17,30H,1-2H3/b26-17-. The van der Waals surface area contributed by atoms with Gasteiger partial charge in [-0.1, -0.05) is 60.7 Å². The Labute approximate surface area is 181 Å². The Hall–Kier alpha value is -4.19. The van der Waals surface area contributed by atoms with Gasteiger partial charge in [-0.2, -0.15) is 5.10 Å². The van der Waals surface area contributed by atoms with E-state index in [1.165, 1.54) is 7.11 Å². The van der Waals surface area contributed by atoms with Crippen LogP contribution in [0.5, 0.6) is 11.5 Å². The Morgan fingerprint density at radius 2 is 1.42 bits per heavy atom. The van der Waals surface area contributed by atoms with Crippen LogP contribution in [0.3, 0.4) is 0 Å². The van der Waals surface area contributed by atoms with E-state index in [9.17, 15) is 5.11 Å². The van der Waals surface area contributed by atoms with E-state index in [-0.39, 0.29) is 5.75 Å². The molecule has 0 aliphatic heterocycles. The van der Waals surface area contributed by atoms with Crippen LogP contribution in [0.25, 0.3) is 22.5 Å². The second-order valence-corrected chi connectivity index (χ2v) is 6.87. The van der Waals surface area contributed by atoms with Gasteiger partial charge in [0.2, 0.25) is 5.95 Å². The minimum atomic E-state index is 0.0581. The van der Waals surface area contributed by atoms with Crippen molar-refractivity contribution >= 4 is 12.2 Å². The van der Waals surface area contributed by atoms with E-state index >= 15 is 0 Å². The highest BCUT2D eigenvalue weighted by Gasteiger charge is 2.11. The highest BCUT2D eigenvalue weighted by Crippen LogP contribution is 2.27. The summed E-state index contributed by atoms with van der Waals surface area (Å²) in [5.74, 6) is 0.939. The number of hydrazone groups is 1. The predicted octanol–water partition coefficient (Wildman–Crippen LogP) is 5.00. The monoisotopic (exact) mass is 410 g/mol. The first-order valence-electron chi connectivity index (χ1n) is 9.78. The van der Waals surface area contributed by atoms with Gasteiger partial charge in [-0.05, 0) is 29.8 Å². The van der Waals surface area contributed by atoms with Gasteiger partial charge in [0.15, 0.2) is 11.5 Å². The number of aromatic nitrogens is 2. The third kappa shape index (κ3) is 4.70. The van der Waals surface area contributed by atoms with E-state index in [2.05, 4.69) is 5.10 Å². The fourth-order valence-electron chi connectivity index (χ4n) is 3.09. The summed E-state index contributed by atoms with van der Waals surface area (Å²) in [6.07, 6.45) is 1.64. The van der Waals surface area contributed by atoms with Crippen molar-refractivity contribution < 1.29 is 9.84 Å². The maximum absolute atomic E-state index is 9.97. The zero-order valence-corrected chi connectivity index (χ0v) is 17.3. The van der Waals surface area contributed by atoms with Gasteiger partial charge in [-0.15, -0.1) is 0 Å². The number of aromatic hydroxyl groups is 1. The van der Waals surface area contributed by atoms with Gasteiger partial charge in [0.1, 0.15) is 0 Å². The van der Waals surface area contributed by atoms with Crippen molar-refractivity contribution in [3.05, 3.63) is 90.5 Å². The number of phenols is 1. The van der Waals surface area contributed by atoms with Crippen molar-refractivity contribution in [2.75, 3.05) is 19.2 Å². The van der Waals surface area contributed by atoms with E-state index in [0.717, 1.165) is 28.1 Å². The Bertz CT molecular complexity index is 1140. The van der Waals surface area contributed by atoms with Crippen LogP contribution in [-0.2, 0) is 0 Å².